The number of hydrogen-bond acceptors (Lipinski definition) is 6. The number of carbonyl (C=O) groups excluding carboxylic acids is 1. The Labute approximate surface area is 161 Å². The molecule has 0 saturated carbocycles. The second kappa shape index (κ2) is 7.62. The summed E-state index contributed by atoms with van der Waals surface area (Å²) in [5.74, 6) is -0.337. The summed E-state index contributed by atoms with van der Waals surface area (Å²) in [6.45, 7) is 8.57. The van der Waals surface area contributed by atoms with Gasteiger partial charge in [-0.05, 0) is 27.7 Å². The Morgan fingerprint density at radius 1 is 1.21 bits per heavy atom. The quantitative estimate of drug-likeness (QED) is 0.489. The Bertz CT molecular complexity index is 1020. The van der Waals surface area contributed by atoms with Crippen LogP contribution in [0.2, 0.25) is 0 Å². The third kappa shape index (κ3) is 3.63. The van der Waals surface area contributed by atoms with Crippen LogP contribution in [0.15, 0.2) is 24.8 Å². The molecule has 0 spiro atoms. The van der Waals surface area contributed by atoms with Crippen molar-refractivity contribution in [1.29, 1.82) is 0 Å². The van der Waals surface area contributed by atoms with Crippen molar-refractivity contribution in [2.45, 2.75) is 46.8 Å². The molecule has 28 heavy (non-hydrogen) atoms. The van der Waals surface area contributed by atoms with Crippen LogP contribution in [0.5, 0.6) is 0 Å². The zero-order valence-corrected chi connectivity index (χ0v) is 16.2. The van der Waals surface area contributed by atoms with E-state index in [-0.39, 0.29) is 11.6 Å². The van der Waals surface area contributed by atoms with Crippen molar-refractivity contribution in [2.75, 3.05) is 5.32 Å². The zero-order valence-electron chi connectivity index (χ0n) is 16.2. The van der Waals surface area contributed by atoms with Crippen LogP contribution < -0.4 is 5.32 Å². The van der Waals surface area contributed by atoms with E-state index < -0.39 is 11.0 Å². The van der Waals surface area contributed by atoms with E-state index in [1.54, 1.807) is 30.9 Å². The van der Waals surface area contributed by atoms with E-state index in [1.807, 2.05) is 24.7 Å². The molecule has 0 aliphatic rings. The number of nitrogens with zero attached hydrogens (tertiary/aromatic N) is 7. The lowest BCUT2D eigenvalue weighted by molar-refractivity contribution is -0.385. The minimum Gasteiger partial charge on any atom is -0.322 e. The van der Waals surface area contributed by atoms with E-state index in [1.165, 1.54) is 4.68 Å². The van der Waals surface area contributed by atoms with Crippen molar-refractivity contribution in [2.24, 2.45) is 0 Å². The van der Waals surface area contributed by atoms with Gasteiger partial charge in [-0.25, -0.2) is 0 Å². The van der Waals surface area contributed by atoms with Crippen molar-refractivity contribution in [1.82, 2.24) is 29.3 Å². The van der Waals surface area contributed by atoms with Gasteiger partial charge in [0.05, 0.1) is 29.5 Å². The number of aryl methyl sites for hydroxylation is 1. The number of hydrogen-bond donors (Lipinski definition) is 1. The Morgan fingerprint density at radius 3 is 2.57 bits per heavy atom. The van der Waals surface area contributed by atoms with Crippen LogP contribution >= 0.6 is 0 Å². The number of nitro groups is 1. The maximum Gasteiger partial charge on any atom is 0.309 e. The summed E-state index contributed by atoms with van der Waals surface area (Å²) < 4.78 is 4.96. The zero-order chi connectivity index (χ0) is 20.4. The number of anilines is 1. The normalized spacial score (nSPS) is 12.1. The van der Waals surface area contributed by atoms with Crippen LogP contribution in [-0.2, 0) is 17.9 Å². The molecule has 0 bridgehead atoms. The van der Waals surface area contributed by atoms with E-state index in [2.05, 4.69) is 20.6 Å². The molecule has 1 atom stereocenters. The van der Waals surface area contributed by atoms with Gasteiger partial charge in [0.2, 0.25) is 5.91 Å². The van der Waals surface area contributed by atoms with E-state index in [4.69, 9.17) is 0 Å². The van der Waals surface area contributed by atoms with E-state index >= 15 is 0 Å². The van der Waals surface area contributed by atoms with Crippen LogP contribution in [0.4, 0.5) is 11.4 Å². The molecule has 3 aromatic heterocycles. The summed E-state index contributed by atoms with van der Waals surface area (Å²) in [7, 11) is 0. The van der Waals surface area contributed by atoms with Gasteiger partial charge in [0.1, 0.15) is 17.9 Å². The summed E-state index contributed by atoms with van der Waals surface area (Å²) in [6, 6.07) is -0.706. The first-order valence-corrected chi connectivity index (χ1v) is 8.84. The topological polar surface area (TPSA) is 126 Å². The molecule has 11 nitrogen and oxygen atoms in total. The molecule has 0 radical (unpaired) electrons. The summed E-state index contributed by atoms with van der Waals surface area (Å²) in [4.78, 5) is 22.9. The number of amides is 1. The minimum absolute atomic E-state index is 0.115. The summed E-state index contributed by atoms with van der Waals surface area (Å²) >= 11 is 0. The van der Waals surface area contributed by atoms with Gasteiger partial charge in [-0.2, -0.15) is 15.3 Å². The van der Waals surface area contributed by atoms with Gasteiger partial charge >= 0.3 is 5.69 Å². The van der Waals surface area contributed by atoms with Gasteiger partial charge in [0.25, 0.3) is 0 Å². The molecule has 0 aliphatic heterocycles. The van der Waals surface area contributed by atoms with Gasteiger partial charge in [-0.1, -0.05) is 0 Å². The van der Waals surface area contributed by atoms with Crippen LogP contribution in [-0.4, -0.2) is 40.2 Å². The molecule has 3 rings (SSSR count). The second-order valence-electron chi connectivity index (χ2n) is 6.48. The molecular formula is C17H22N8O3. The van der Waals surface area contributed by atoms with Gasteiger partial charge in [0, 0.05) is 24.0 Å². The lowest BCUT2D eigenvalue weighted by Crippen LogP contribution is -2.25. The maximum atomic E-state index is 12.5. The summed E-state index contributed by atoms with van der Waals surface area (Å²) in [5, 5.41) is 26.3. The number of rotatable bonds is 7. The van der Waals surface area contributed by atoms with Crippen molar-refractivity contribution in [3.05, 3.63) is 51.9 Å². The molecule has 11 heteroatoms. The van der Waals surface area contributed by atoms with E-state index in [0.29, 0.717) is 17.9 Å². The van der Waals surface area contributed by atoms with Gasteiger partial charge in [0.15, 0.2) is 0 Å². The molecule has 1 amide bonds. The highest BCUT2D eigenvalue weighted by Crippen LogP contribution is 2.21. The lowest BCUT2D eigenvalue weighted by atomic mass is 10.2. The smallest absolute Gasteiger partial charge is 0.309 e. The molecule has 148 valence electrons. The van der Waals surface area contributed by atoms with Gasteiger partial charge in [-0.3, -0.25) is 29.0 Å². The largest absolute Gasteiger partial charge is 0.322 e. The SMILES string of the molecule is CCn1ncc(Cn2cc(NC(=O)C(C)n3ncc([N+](=O)[O-])c3C)cn2)c1C. The maximum absolute atomic E-state index is 12.5. The minimum atomic E-state index is -0.706. The fourth-order valence-electron chi connectivity index (χ4n) is 2.99. The van der Waals surface area contributed by atoms with Gasteiger partial charge in [-0.15, -0.1) is 0 Å². The second-order valence-corrected chi connectivity index (χ2v) is 6.48. The van der Waals surface area contributed by atoms with E-state index in [0.717, 1.165) is 24.0 Å². The number of nitrogens with one attached hydrogen (secondary N) is 1. The number of carbonyl (C=O) groups is 1. The molecule has 1 N–H and O–H groups in total. The summed E-state index contributed by atoms with van der Waals surface area (Å²) in [5.41, 5.74) is 2.88. The predicted octanol–water partition coefficient (Wildman–Crippen LogP) is 2.07. The van der Waals surface area contributed by atoms with Gasteiger partial charge < -0.3 is 5.32 Å². The van der Waals surface area contributed by atoms with Crippen molar-refractivity contribution in [3.63, 3.8) is 0 Å². The third-order valence-corrected chi connectivity index (χ3v) is 4.70. The van der Waals surface area contributed by atoms with Crippen LogP contribution in [0.25, 0.3) is 0 Å². The first kappa shape index (κ1) is 19.3. The lowest BCUT2D eigenvalue weighted by Gasteiger charge is -2.13. The van der Waals surface area contributed by atoms with Crippen LogP contribution in [0.3, 0.4) is 0 Å². The Morgan fingerprint density at radius 2 is 1.96 bits per heavy atom. The molecule has 3 heterocycles. The molecule has 1 unspecified atom stereocenters. The standard InChI is InChI=1S/C17H22N8O3/c1-5-23-11(2)14(6-19-23)9-22-10-15(7-18-22)21-17(26)13(4)24-12(3)16(8-20-24)25(27)28/h6-8,10,13H,5,9H2,1-4H3,(H,21,26). The first-order chi connectivity index (χ1) is 13.3. The fourth-order valence-corrected chi connectivity index (χ4v) is 2.99. The molecule has 3 aromatic rings. The summed E-state index contributed by atoms with van der Waals surface area (Å²) in [6.07, 6.45) is 6.25. The highest BCUT2D eigenvalue weighted by Gasteiger charge is 2.24. The Hall–Kier alpha value is -3.50. The molecule has 0 saturated heterocycles. The van der Waals surface area contributed by atoms with Crippen molar-refractivity contribution in [3.8, 4) is 0 Å². The van der Waals surface area contributed by atoms with Crippen molar-refractivity contribution >= 4 is 17.3 Å². The molecular weight excluding hydrogens is 364 g/mol. The van der Waals surface area contributed by atoms with Crippen LogP contribution in [0, 0.1) is 24.0 Å². The molecule has 0 aliphatic carbocycles. The fraction of sp³-hybridized carbons (Fsp3) is 0.412. The average Bonchev–Trinajstić information content (AvgIpc) is 3.35. The predicted molar refractivity (Wildman–Crippen MR) is 101 cm³/mol. The monoisotopic (exact) mass is 386 g/mol. The molecule has 0 fully saturated rings. The first-order valence-electron chi connectivity index (χ1n) is 8.84. The average molecular weight is 386 g/mol. The number of aromatic nitrogens is 6. The van der Waals surface area contributed by atoms with E-state index in [9.17, 15) is 14.9 Å². The van der Waals surface area contributed by atoms with Crippen LogP contribution in [0.1, 0.15) is 36.8 Å². The Balaban J connectivity index is 1.68. The third-order valence-electron chi connectivity index (χ3n) is 4.70. The van der Waals surface area contributed by atoms with Crippen molar-refractivity contribution < 1.29 is 9.72 Å². The Kier molecular flexibility index (Phi) is 5.25. The highest BCUT2D eigenvalue weighted by molar-refractivity contribution is 5.93. The molecule has 0 aromatic carbocycles. The highest BCUT2D eigenvalue weighted by atomic mass is 16.6.